The third-order valence-electron chi connectivity index (χ3n) is 5.33. The average Bonchev–Trinajstić information content (AvgIpc) is 2.69. The molecule has 0 radical (unpaired) electrons. The number of unbranched alkanes of at least 4 members (excludes halogenated alkanes) is 2. The lowest BCUT2D eigenvalue weighted by molar-refractivity contribution is -0.154. The van der Waals surface area contributed by atoms with Crippen LogP contribution in [0.2, 0.25) is 5.02 Å². The summed E-state index contributed by atoms with van der Waals surface area (Å²) in [5.74, 6) is 0.851. The van der Waals surface area contributed by atoms with Gasteiger partial charge in [-0.2, -0.15) is 0 Å². The van der Waals surface area contributed by atoms with E-state index < -0.39 is 5.60 Å². The van der Waals surface area contributed by atoms with Crippen molar-refractivity contribution >= 4 is 17.3 Å². The lowest BCUT2D eigenvalue weighted by Gasteiger charge is -2.44. The van der Waals surface area contributed by atoms with Gasteiger partial charge in [0.25, 0.3) is 0 Å². The number of halogens is 1. The lowest BCUT2D eigenvalue weighted by Crippen LogP contribution is -2.51. The Kier molecular flexibility index (Phi) is 7.44. The molecule has 29 heavy (non-hydrogen) atoms. The summed E-state index contributed by atoms with van der Waals surface area (Å²) in [7, 11) is 1.74. The number of ether oxygens (including phenoxy) is 3. The number of hydrogen-bond donors (Lipinski definition) is 1. The maximum atomic E-state index is 6.30. The van der Waals surface area contributed by atoms with Crippen molar-refractivity contribution in [3.05, 3.63) is 58.6 Å². The van der Waals surface area contributed by atoms with E-state index in [0.717, 1.165) is 34.0 Å². The van der Waals surface area contributed by atoms with Crippen LogP contribution >= 0.6 is 11.6 Å². The fourth-order valence-electron chi connectivity index (χ4n) is 3.79. The van der Waals surface area contributed by atoms with Gasteiger partial charge < -0.3 is 19.5 Å². The second kappa shape index (κ2) is 9.84. The van der Waals surface area contributed by atoms with Gasteiger partial charge >= 0.3 is 0 Å². The lowest BCUT2D eigenvalue weighted by atomic mass is 9.88. The number of benzene rings is 2. The summed E-state index contributed by atoms with van der Waals surface area (Å²) < 4.78 is 18.5. The van der Waals surface area contributed by atoms with Crippen molar-refractivity contribution in [2.24, 2.45) is 0 Å². The van der Waals surface area contributed by atoms with Gasteiger partial charge in [0.1, 0.15) is 23.6 Å². The number of anilines is 1. The second-order valence-corrected chi connectivity index (χ2v) is 8.53. The van der Waals surface area contributed by atoms with Crippen molar-refractivity contribution in [2.45, 2.75) is 64.4 Å². The minimum Gasteiger partial charge on any atom is -0.485 e. The van der Waals surface area contributed by atoms with Crippen LogP contribution in [-0.2, 0) is 16.0 Å². The molecule has 0 aromatic heterocycles. The summed E-state index contributed by atoms with van der Waals surface area (Å²) in [6.07, 6.45) is 3.04. The quantitative estimate of drug-likeness (QED) is 0.480. The zero-order valence-electron chi connectivity index (χ0n) is 17.8. The summed E-state index contributed by atoms with van der Waals surface area (Å²) in [4.78, 5) is 0. The van der Waals surface area contributed by atoms with Crippen LogP contribution < -0.4 is 10.1 Å². The first kappa shape index (κ1) is 21.9. The van der Waals surface area contributed by atoms with Crippen molar-refractivity contribution in [3.63, 3.8) is 0 Å². The molecule has 0 spiro atoms. The standard InChI is InChI=1S/C24H32ClNO3/c1-5-6-7-13-28-23-22(27-4)20-15-19(11-12-21(20)29-24(23,2)3)26-16-17-9-8-10-18(25)14-17/h8-12,14-15,22-23,26H,5-7,13,16H2,1-4H3. The maximum absolute atomic E-state index is 6.30. The molecule has 0 amide bonds. The average molecular weight is 418 g/mol. The van der Waals surface area contributed by atoms with Gasteiger partial charge in [-0.15, -0.1) is 0 Å². The van der Waals surface area contributed by atoms with E-state index in [4.69, 9.17) is 25.8 Å². The molecule has 2 aromatic carbocycles. The van der Waals surface area contributed by atoms with Gasteiger partial charge in [0, 0.05) is 36.5 Å². The van der Waals surface area contributed by atoms with Gasteiger partial charge in [0.05, 0.1) is 0 Å². The van der Waals surface area contributed by atoms with Gasteiger partial charge in [-0.1, -0.05) is 43.5 Å². The molecule has 1 N–H and O–H groups in total. The molecule has 0 bridgehead atoms. The Morgan fingerprint density at radius 1 is 1.14 bits per heavy atom. The van der Waals surface area contributed by atoms with Crippen molar-refractivity contribution in [2.75, 3.05) is 19.0 Å². The molecule has 4 nitrogen and oxygen atoms in total. The number of rotatable bonds is 9. The predicted octanol–water partition coefficient (Wildman–Crippen LogP) is 6.39. The minimum atomic E-state index is -0.463. The Morgan fingerprint density at radius 3 is 2.69 bits per heavy atom. The van der Waals surface area contributed by atoms with Crippen LogP contribution in [0.5, 0.6) is 5.75 Å². The van der Waals surface area contributed by atoms with E-state index in [1.807, 2.05) is 30.3 Å². The smallest absolute Gasteiger partial charge is 0.132 e. The summed E-state index contributed by atoms with van der Waals surface area (Å²) in [5.41, 5.74) is 2.70. The van der Waals surface area contributed by atoms with Gasteiger partial charge in [0.2, 0.25) is 0 Å². The maximum Gasteiger partial charge on any atom is 0.132 e. The molecule has 2 unspecified atom stereocenters. The van der Waals surface area contributed by atoms with Crippen LogP contribution in [0.1, 0.15) is 57.3 Å². The van der Waals surface area contributed by atoms with Gasteiger partial charge in [-0.3, -0.25) is 0 Å². The molecule has 2 atom stereocenters. The minimum absolute atomic E-state index is 0.167. The summed E-state index contributed by atoms with van der Waals surface area (Å²) in [6, 6.07) is 14.0. The largest absolute Gasteiger partial charge is 0.485 e. The Morgan fingerprint density at radius 2 is 1.97 bits per heavy atom. The first-order chi connectivity index (χ1) is 13.9. The van der Waals surface area contributed by atoms with Gasteiger partial charge in [-0.25, -0.2) is 0 Å². The van der Waals surface area contributed by atoms with E-state index in [2.05, 4.69) is 38.2 Å². The van der Waals surface area contributed by atoms with Crippen molar-refractivity contribution < 1.29 is 14.2 Å². The molecule has 0 saturated carbocycles. The Hall–Kier alpha value is -1.75. The number of nitrogens with one attached hydrogen (secondary N) is 1. The Labute approximate surface area is 179 Å². The Balaban J connectivity index is 1.76. The van der Waals surface area contributed by atoms with E-state index >= 15 is 0 Å². The molecule has 1 aliphatic heterocycles. The molecule has 158 valence electrons. The van der Waals surface area contributed by atoms with Crippen LogP contribution in [0.25, 0.3) is 0 Å². The molecule has 0 saturated heterocycles. The van der Waals surface area contributed by atoms with E-state index in [1.54, 1.807) is 7.11 Å². The molecular weight excluding hydrogens is 386 g/mol. The Bertz CT molecular complexity index is 808. The van der Waals surface area contributed by atoms with Gasteiger partial charge in [0.15, 0.2) is 0 Å². The first-order valence-corrected chi connectivity index (χ1v) is 10.8. The highest BCUT2D eigenvalue weighted by Crippen LogP contribution is 2.44. The molecule has 1 aliphatic rings. The van der Waals surface area contributed by atoms with Crippen LogP contribution in [0.15, 0.2) is 42.5 Å². The topological polar surface area (TPSA) is 39.7 Å². The van der Waals surface area contributed by atoms with E-state index in [-0.39, 0.29) is 12.2 Å². The molecule has 0 aliphatic carbocycles. The fourth-order valence-corrected chi connectivity index (χ4v) is 4.01. The molecule has 5 heteroatoms. The van der Waals surface area contributed by atoms with Crippen LogP contribution in [0, 0.1) is 0 Å². The third kappa shape index (κ3) is 5.44. The highest BCUT2D eigenvalue weighted by atomic mass is 35.5. The summed E-state index contributed by atoms with van der Waals surface area (Å²) >= 11 is 6.09. The van der Waals surface area contributed by atoms with Crippen LogP contribution in [-0.4, -0.2) is 25.4 Å². The first-order valence-electron chi connectivity index (χ1n) is 10.4. The highest BCUT2D eigenvalue weighted by Gasteiger charge is 2.45. The molecule has 1 heterocycles. The predicted molar refractivity (Wildman–Crippen MR) is 119 cm³/mol. The number of fused-ring (bicyclic) bond motifs is 1. The fraction of sp³-hybridized carbons (Fsp3) is 0.500. The monoisotopic (exact) mass is 417 g/mol. The third-order valence-corrected chi connectivity index (χ3v) is 5.57. The molecule has 3 rings (SSSR count). The number of methoxy groups -OCH3 is 1. The van der Waals surface area contributed by atoms with Crippen LogP contribution in [0.4, 0.5) is 5.69 Å². The zero-order chi connectivity index (χ0) is 20.9. The van der Waals surface area contributed by atoms with E-state index in [0.29, 0.717) is 13.2 Å². The van der Waals surface area contributed by atoms with Crippen LogP contribution in [0.3, 0.4) is 0 Å². The molecule has 0 fully saturated rings. The summed E-state index contributed by atoms with van der Waals surface area (Å²) in [5, 5.41) is 4.21. The van der Waals surface area contributed by atoms with E-state index in [1.165, 1.54) is 12.8 Å². The normalized spacial score (nSPS) is 20.0. The summed E-state index contributed by atoms with van der Waals surface area (Å²) in [6.45, 7) is 7.74. The van der Waals surface area contributed by atoms with Crippen molar-refractivity contribution in [3.8, 4) is 5.75 Å². The van der Waals surface area contributed by atoms with E-state index in [9.17, 15) is 0 Å². The second-order valence-electron chi connectivity index (χ2n) is 8.10. The van der Waals surface area contributed by atoms with Crippen molar-refractivity contribution in [1.82, 2.24) is 0 Å². The van der Waals surface area contributed by atoms with Crippen molar-refractivity contribution in [1.29, 1.82) is 0 Å². The molecular formula is C24H32ClNO3. The molecule has 2 aromatic rings. The van der Waals surface area contributed by atoms with Gasteiger partial charge in [-0.05, 0) is 56.2 Å². The zero-order valence-corrected chi connectivity index (χ0v) is 18.6. The number of hydrogen-bond acceptors (Lipinski definition) is 4. The SMILES string of the molecule is CCCCCOC1C(OC)c2cc(NCc3cccc(Cl)c3)ccc2OC1(C)C. The highest BCUT2D eigenvalue weighted by molar-refractivity contribution is 6.30.